The Morgan fingerprint density at radius 2 is 2.50 bits per heavy atom. The summed E-state index contributed by atoms with van der Waals surface area (Å²) in [5.74, 6) is 0. The van der Waals surface area contributed by atoms with Gasteiger partial charge in [0.2, 0.25) is 0 Å². The third-order valence-electron chi connectivity index (χ3n) is 1.86. The molecule has 0 bridgehead atoms. The van der Waals surface area contributed by atoms with Gasteiger partial charge in [0.1, 0.15) is 5.38 Å². The van der Waals surface area contributed by atoms with Gasteiger partial charge >= 0.3 is 0 Å². The van der Waals surface area contributed by atoms with Gasteiger partial charge in [-0.2, -0.15) is 0 Å². The van der Waals surface area contributed by atoms with Crippen LogP contribution in [-0.4, -0.2) is 35.3 Å². The Bertz CT molecular complexity index is 266. The zero-order valence-electron chi connectivity index (χ0n) is 8.19. The number of hydrogen-bond acceptors (Lipinski definition) is 4. The van der Waals surface area contributed by atoms with Crippen LogP contribution in [0.15, 0.2) is 6.20 Å². The highest BCUT2D eigenvalue weighted by molar-refractivity contribution is 6.20. The first-order chi connectivity index (χ1) is 6.79. The molecule has 0 radical (unpaired) electrons. The molecule has 1 aromatic rings. The van der Waals surface area contributed by atoms with Gasteiger partial charge in [0.25, 0.3) is 0 Å². The van der Waals surface area contributed by atoms with Crippen molar-refractivity contribution in [1.29, 1.82) is 0 Å². The molecular weight excluding hydrogens is 204 g/mol. The molecule has 80 valence electrons. The third-order valence-corrected chi connectivity index (χ3v) is 2.21. The Balaban J connectivity index is 2.61. The standard InChI is InChI=1S/C8H15ClN4O/c1-14-6-7(9)8-5-11-12-13(8)4-2-3-10/h5,7H,2-4,6,10H2,1H3. The maximum Gasteiger partial charge on any atom is 0.100 e. The van der Waals surface area contributed by atoms with Gasteiger partial charge in [0.05, 0.1) is 18.5 Å². The summed E-state index contributed by atoms with van der Waals surface area (Å²) in [7, 11) is 1.61. The van der Waals surface area contributed by atoms with Crippen molar-refractivity contribution in [2.75, 3.05) is 20.3 Å². The lowest BCUT2D eigenvalue weighted by atomic mass is 10.3. The lowest BCUT2D eigenvalue weighted by Crippen LogP contribution is -2.12. The van der Waals surface area contributed by atoms with Gasteiger partial charge in [0.15, 0.2) is 0 Å². The fourth-order valence-corrected chi connectivity index (χ4v) is 1.45. The zero-order chi connectivity index (χ0) is 10.4. The second-order valence-corrected chi connectivity index (χ2v) is 3.47. The van der Waals surface area contributed by atoms with Gasteiger partial charge in [-0.1, -0.05) is 5.21 Å². The van der Waals surface area contributed by atoms with Crippen LogP contribution in [-0.2, 0) is 11.3 Å². The van der Waals surface area contributed by atoms with Crippen LogP contribution in [0.1, 0.15) is 17.5 Å². The first-order valence-corrected chi connectivity index (χ1v) is 4.94. The van der Waals surface area contributed by atoms with Crippen LogP contribution in [0.3, 0.4) is 0 Å². The number of aryl methyl sites for hydroxylation is 1. The number of methoxy groups -OCH3 is 1. The SMILES string of the molecule is COCC(Cl)c1cnnn1CCCN. The predicted molar refractivity (Wildman–Crippen MR) is 54.2 cm³/mol. The predicted octanol–water partition coefficient (Wildman–Crippen LogP) is 0.553. The molecule has 1 aromatic heterocycles. The van der Waals surface area contributed by atoms with E-state index in [1.54, 1.807) is 18.0 Å². The first kappa shape index (κ1) is 11.4. The fourth-order valence-electron chi connectivity index (χ4n) is 1.15. The fraction of sp³-hybridized carbons (Fsp3) is 0.750. The number of ether oxygens (including phenoxy) is 1. The normalized spacial score (nSPS) is 13.1. The molecule has 0 aliphatic carbocycles. The van der Waals surface area contributed by atoms with Gasteiger partial charge in [-0.05, 0) is 13.0 Å². The first-order valence-electron chi connectivity index (χ1n) is 4.51. The van der Waals surface area contributed by atoms with Crippen LogP contribution in [0, 0.1) is 0 Å². The van der Waals surface area contributed by atoms with Crippen molar-refractivity contribution in [3.63, 3.8) is 0 Å². The summed E-state index contributed by atoms with van der Waals surface area (Å²) in [5, 5.41) is 7.54. The molecule has 1 atom stereocenters. The summed E-state index contributed by atoms with van der Waals surface area (Å²) in [5.41, 5.74) is 6.29. The van der Waals surface area contributed by atoms with Gasteiger partial charge in [-0.25, -0.2) is 4.68 Å². The Morgan fingerprint density at radius 1 is 1.71 bits per heavy atom. The highest BCUT2D eigenvalue weighted by Gasteiger charge is 2.13. The average Bonchev–Trinajstić information content (AvgIpc) is 2.63. The minimum atomic E-state index is -0.201. The van der Waals surface area contributed by atoms with E-state index in [4.69, 9.17) is 22.1 Å². The van der Waals surface area contributed by atoms with Crippen LogP contribution in [0.4, 0.5) is 0 Å². The second kappa shape index (κ2) is 5.95. The molecule has 0 saturated heterocycles. The number of halogens is 1. The molecule has 1 heterocycles. The summed E-state index contributed by atoms with van der Waals surface area (Å²) in [6.45, 7) is 1.84. The topological polar surface area (TPSA) is 66.0 Å². The molecule has 0 aliphatic heterocycles. The van der Waals surface area contributed by atoms with Gasteiger partial charge in [-0.15, -0.1) is 16.7 Å². The van der Waals surface area contributed by atoms with E-state index in [1.165, 1.54) is 0 Å². The molecule has 6 heteroatoms. The second-order valence-electron chi connectivity index (χ2n) is 2.95. The van der Waals surface area contributed by atoms with Gasteiger partial charge in [0, 0.05) is 13.7 Å². The van der Waals surface area contributed by atoms with E-state index in [0.29, 0.717) is 13.2 Å². The van der Waals surface area contributed by atoms with Crippen LogP contribution < -0.4 is 5.73 Å². The van der Waals surface area contributed by atoms with Gasteiger partial charge < -0.3 is 10.5 Å². The molecule has 2 N–H and O–H groups in total. The third kappa shape index (κ3) is 2.94. The van der Waals surface area contributed by atoms with Crippen molar-refractivity contribution in [2.45, 2.75) is 18.3 Å². The number of aromatic nitrogens is 3. The molecule has 5 nitrogen and oxygen atoms in total. The lowest BCUT2D eigenvalue weighted by molar-refractivity contribution is 0.196. The number of rotatable bonds is 6. The lowest BCUT2D eigenvalue weighted by Gasteiger charge is -2.09. The number of hydrogen-bond donors (Lipinski definition) is 1. The molecule has 0 spiro atoms. The number of nitrogens with zero attached hydrogens (tertiary/aromatic N) is 3. The molecule has 0 aromatic carbocycles. The molecule has 0 amide bonds. The van der Waals surface area contributed by atoms with E-state index in [0.717, 1.165) is 18.7 Å². The van der Waals surface area contributed by atoms with E-state index in [2.05, 4.69) is 10.3 Å². The summed E-state index contributed by atoms with van der Waals surface area (Å²) in [4.78, 5) is 0. The highest BCUT2D eigenvalue weighted by atomic mass is 35.5. The summed E-state index contributed by atoms with van der Waals surface area (Å²) >= 11 is 6.07. The van der Waals surface area contributed by atoms with E-state index in [9.17, 15) is 0 Å². The minimum absolute atomic E-state index is 0.201. The Morgan fingerprint density at radius 3 is 3.14 bits per heavy atom. The smallest absolute Gasteiger partial charge is 0.100 e. The number of alkyl halides is 1. The van der Waals surface area contributed by atoms with Crippen molar-refractivity contribution in [1.82, 2.24) is 15.0 Å². The molecule has 1 rings (SSSR count). The van der Waals surface area contributed by atoms with E-state index in [1.807, 2.05) is 0 Å². The summed E-state index contributed by atoms with van der Waals surface area (Å²) in [6, 6.07) is 0. The van der Waals surface area contributed by atoms with Crippen molar-refractivity contribution in [2.24, 2.45) is 5.73 Å². The Kier molecular flexibility index (Phi) is 4.86. The van der Waals surface area contributed by atoms with Crippen LogP contribution in [0.25, 0.3) is 0 Å². The quantitative estimate of drug-likeness (QED) is 0.709. The minimum Gasteiger partial charge on any atom is -0.383 e. The van der Waals surface area contributed by atoms with E-state index < -0.39 is 0 Å². The van der Waals surface area contributed by atoms with E-state index >= 15 is 0 Å². The maximum atomic E-state index is 6.07. The monoisotopic (exact) mass is 218 g/mol. The summed E-state index contributed by atoms with van der Waals surface area (Å²) < 4.78 is 6.73. The van der Waals surface area contributed by atoms with E-state index in [-0.39, 0.29) is 5.38 Å². The van der Waals surface area contributed by atoms with Crippen molar-refractivity contribution >= 4 is 11.6 Å². The van der Waals surface area contributed by atoms with Crippen LogP contribution in [0.2, 0.25) is 0 Å². The molecular formula is C8H15ClN4O. The maximum absolute atomic E-state index is 6.07. The molecule has 0 fully saturated rings. The Hall–Kier alpha value is -0.650. The van der Waals surface area contributed by atoms with Crippen molar-refractivity contribution in [3.05, 3.63) is 11.9 Å². The van der Waals surface area contributed by atoms with Crippen molar-refractivity contribution in [3.8, 4) is 0 Å². The molecule has 0 aliphatic rings. The largest absolute Gasteiger partial charge is 0.383 e. The molecule has 0 saturated carbocycles. The van der Waals surface area contributed by atoms with Crippen LogP contribution >= 0.6 is 11.6 Å². The zero-order valence-corrected chi connectivity index (χ0v) is 8.94. The van der Waals surface area contributed by atoms with Gasteiger partial charge in [-0.3, -0.25) is 0 Å². The average molecular weight is 219 g/mol. The van der Waals surface area contributed by atoms with Crippen LogP contribution in [0.5, 0.6) is 0 Å². The summed E-state index contributed by atoms with van der Waals surface area (Å²) in [6.07, 6.45) is 2.53. The molecule has 1 unspecified atom stereocenters. The molecule has 14 heavy (non-hydrogen) atoms. The number of nitrogens with two attached hydrogens (primary N) is 1. The Labute approximate surface area is 88.2 Å². The van der Waals surface area contributed by atoms with Crippen molar-refractivity contribution < 1.29 is 4.74 Å². The highest BCUT2D eigenvalue weighted by Crippen LogP contribution is 2.19.